The highest BCUT2D eigenvalue weighted by molar-refractivity contribution is 6.30. The molecule has 1 aromatic carbocycles. The molecule has 4 nitrogen and oxygen atoms in total. The number of hydrogen-bond donors (Lipinski definition) is 1. The van der Waals surface area contributed by atoms with Gasteiger partial charge in [0.2, 0.25) is 0 Å². The fourth-order valence-corrected chi connectivity index (χ4v) is 3.49. The number of benzene rings is 1. The molecule has 116 valence electrons. The fraction of sp³-hybridized carbons (Fsp3) is 0.529. The Hall–Kier alpha value is -1.39. The molecule has 0 spiro atoms. The third-order valence-electron chi connectivity index (χ3n) is 4.96. The van der Waals surface area contributed by atoms with Crippen molar-refractivity contribution in [1.29, 1.82) is 0 Å². The van der Waals surface area contributed by atoms with Crippen molar-refractivity contribution in [2.24, 2.45) is 17.8 Å². The second-order valence-electron chi connectivity index (χ2n) is 6.65. The molecule has 22 heavy (non-hydrogen) atoms. The van der Waals surface area contributed by atoms with Gasteiger partial charge < -0.3 is 5.11 Å². The number of halogens is 1. The maximum atomic E-state index is 10.4. The number of aromatic nitrogens is 3. The maximum absolute atomic E-state index is 10.4. The summed E-state index contributed by atoms with van der Waals surface area (Å²) in [6.07, 6.45) is 6.59. The van der Waals surface area contributed by atoms with Crippen molar-refractivity contribution in [2.45, 2.75) is 38.3 Å². The number of nitrogens with zero attached hydrogens (tertiary/aromatic N) is 3. The van der Waals surface area contributed by atoms with Gasteiger partial charge in [0, 0.05) is 11.6 Å². The van der Waals surface area contributed by atoms with E-state index in [0.717, 1.165) is 29.9 Å². The first kappa shape index (κ1) is 14.2. The fourth-order valence-electron chi connectivity index (χ4n) is 3.37. The van der Waals surface area contributed by atoms with Crippen LogP contribution < -0.4 is 0 Å². The van der Waals surface area contributed by atoms with E-state index < -0.39 is 6.10 Å². The third-order valence-corrected chi connectivity index (χ3v) is 5.21. The van der Waals surface area contributed by atoms with Gasteiger partial charge in [-0.2, -0.15) is 0 Å². The standard InChI is InChI=1S/C17H20ClN3O/c18-14-5-3-12(4-6-14)17(22)16-10-21(20-19-16)8-7-13-9-15(13)11-1-2-11/h3-6,10-11,13,15,17,22H,1-2,7-9H2/t13-,15+,17?/m1/s1. The average molecular weight is 318 g/mol. The summed E-state index contributed by atoms with van der Waals surface area (Å²) in [5, 5.41) is 19.3. The zero-order valence-electron chi connectivity index (χ0n) is 12.4. The molecule has 3 atom stereocenters. The van der Waals surface area contributed by atoms with E-state index in [0.29, 0.717) is 10.7 Å². The summed E-state index contributed by atoms with van der Waals surface area (Å²) in [5.74, 6) is 2.91. The van der Waals surface area contributed by atoms with Crippen molar-refractivity contribution >= 4 is 11.6 Å². The lowest BCUT2D eigenvalue weighted by molar-refractivity contribution is 0.215. The van der Waals surface area contributed by atoms with E-state index >= 15 is 0 Å². The second kappa shape index (κ2) is 5.67. The molecule has 1 unspecified atom stereocenters. The quantitative estimate of drug-likeness (QED) is 0.887. The minimum absolute atomic E-state index is 0.594. The Morgan fingerprint density at radius 3 is 2.77 bits per heavy atom. The van der Waals surface area contributed by atoms with Crippen molar-refractivity contribution in [3.63, 3.8) is 0 Å². The van der Waals surface area contributed by atoms with Crippen LogP contribution in [0.1, 0.15) is 43.0 Å². The summed E-state index contributed by atoms with van der Waals surface area (Å²) in [6.45, 7) is 0.897. The predicted molar refractivity (Wildman–Crippen MR) is 84.5 cm³/mol. The first-order valence-corrected chi connectivity index (χ1v) is 8.42. The summed E-state index contributed by atoms with van der Waals surface area (Å²) in [6, 6.07) is 7.18. The summed E-state index contributed by atoms with van der Waals surface area (Å²) in [4.78, 5) is 0. The predicted octanol–water partition coefficient (Wildman–Crippen LogP) is 3.45. The lowest BCUT2D eigenvalue weighted by Gasteiger charge is -2.07. The third kappa shape index (κ3) is 3.03. The van der Waals surface area contributed by atoms with Gasteiger partial charge in [-0.3, -0.25) is 4.68 Å². The summed E-state index contributed by atoms with van der Waals surface area (Å²) in [7, 11) is 0. The van der Waals surface area contributed by atoms with Gasteiger partial charge in [-0.05, 0) is 61.1 Å². The van der Waals surface area contributed by atoms with Crippen LogP contribution in [0.25, 0.3) is 0 Å². The molecule has 2 saturated carbocycles. The van der Waals surface area contributed by atoms with Crippen LogP contribution in [-0.4, -0.2) is 20.1 Å². The van der Waals surface area contributed by atoms with Crippen LogP contribution in [0.4, 0.5) is 0 Å². The SMILES string of the molecule is OC(c1ccc(Cl)cc1)c1cn(CC[C@@H]2C[C@H]2C2CC2)nn1. The lowest BCUT2D eigenvalue weighted by atomic mass is 10.1. The molecule has 1 aromatic heterocycles. The normalized spacial score (nSPS) is 25.2. The van der Waals surface area contributed by atoms with Crippen LogP contribution in [0.15, 0.2) is 30.5 Å². The Labute approximate surface area is 135 Å². The van der Waals surface area contributed by atoms with Crippen molar-refractivity contribution in [2.75, 3.05) is 0 Å². The van der Waals surface area contributed by atoms with E-state index in [4.69, 9.17) is 11.6 Å². The van der Waals surface area contributed by atoms with Gasteiger partial charge in [-0.1, -0.05) is 28.9 Å². The van der Waals surface area contributed by atoms with Gasteiger partial charge in [-0.15, -0.1) is 5.10 Å². The smallest absolute Gasteiger partial charge is 0.124 e. The number of hydrogen-bond acceptors (Lipinski definition) is 3. The highest BCUT2D eigenvalue weighted by Crippen LogP contribution is 2.55. The van der Waals surface area contributed by atoms with Gasteiger partial charge in [-0.25, -0.2) is 0 Å². The monoisotopic (exact) mass is 317 g/mol. The van der Waals surface area contributed by atoms with Crippen LogP contribution in [0.2, 0.25) is 5.02 Å². The molecule has 0 amide bonds. The van der Waals surface area contributed by atoms with E-state index in [9.17, 15) is 5.11 Å². The van der Waals surface area contributed by atoms with E-state index in [1.165, 1.54) is 25.7 Å². The molecule has 0 bridgehead atoms. The topological polar surface area (TPSA) is 50.9 Å². The maximum Gasteiger partial charge on any atom is 0.124 e. The molecule has 2 fully saturated rings. The Morgan fingerprint density at radius 1 is 1.27 bits per heavy atom. The summed E-state index contributed by atoms with van der Waals surface area (Å²) < 4.78 is 1.86. The first-order valence-electron chi connectivity index (χ1n) is 8.04. The molecule has 1 heterocycles. The molecule has 0 saturated heterocycles. The Bertz CT molecular complexity index is 650. The Balaban J connectivity index is 1.35. The van der Waals surface area contributed by atoms with E-state index in [-0.39, 0.29) is 0 Å². The minimum Gasteiger partial charge on any atom is -0.382 e. The highest BCUT2D eigenvalue weighted by atomic mass is 35.5. The first-order chi connectivity index (χ1) is 10.7. The zero-order valence-corrected chi connectivity index (χ0v) is 13.2. The molecular formula is C17H20ClN3O. The molecule has 0 aliphatic heterocycles. The van der Waals surface area contributed by atoms with Crippen molar-refractivity contribution < 1.29 is 5.11 Å². The van der Waals surface area contributed by atoms with E-state index in [2.05, 4.69) is 10.3 Å². The summed E-state index contributed by atoms with van der Waals surface area (Å²) >= 11 is 5.87. The molecule has 0 radical (unpaired) electrons. The second-order valence-corrected chi connectivity index (χ2v) is 7.08. The molecule has 4 rings (SSSR count). The van der Waals surface area contributed by atoms with Crippen molar-refractivity contribution in [1.82, 2.24) is 15.0 Å². The van der Waals surface area contributed by atoms with Crippen LogP contribution in [-0.2, 0) is 6.54 Å². The number of aliphatic hydroxyl groups is 1. The molecule has 5 heteroatoms. The van der Waals surface area contributed by atoms with Crippen molar-refractivity contribution in [3.8, 4) is 0 Å². The van der Waals surface area contributed by atoms with Crippen LogP contribution >= 0.6 is 11.6 Å². The number of aliphatic hydroxyl groups excluding tert-OH is 1. The number of aryl methyl sites for hydroxylation is 1. The van der Waals surface area contributed by atoms with Crippen LogP contribution in [0.5, 0.6) is 0 Å². The van der Waals surface area contributed by atoms with Gasteiger partial charge in [0.05, 0.1) is 6.20 Å². The van der Waals surface area contributed by atoms with Gasteiger partial charge in [0.15, 0.2) is 0 Å². The number of rotatable bonds is 6. The highest BCUT2D eigenvalue weighted by Gasteiger charge is 2.46. The summed E-state index contributed by atoms with van der Waals surface area (Å²) in [5.41, 5.74) is 1.38. The van der Waals surface area contributed by atoms with Gasteiger partial charge in [0.1, 0.15) is 11.8 Å². The van der Waals surface area contributed by atoms with E-state index in [1.54, 1.807) is 12.1 Å². The average Bonchev–Trinajstić information content (AvgIpc) is 3.43. The zero-order chi connectivity index (χ0) is 15.1. The Morgan fingerprint density at radius 2 is 2.05 bits per heavy atom. The van der Waals surface area contributed by atoms with Crippen LogP contribution in [0, 0.1) is 17.8 Å². The largest absolute Gasteiger partial charge is 0.382 e. The molecular weight excluding hydrogens is 298 g/mol. The van der Waals surface area contributed by atoms with E-state index in [1.807, 2.05) is 23.0 Å². The molecule has 2 aliphatic carbocycles. The molecule has 2 aliphatic rings. The van der Waals surface area contributed by atoms with Crippen LogP contribution in [0.3, 0.4) is 0 Å². The lowest BCUT2D eigenvalue weighted by Crippen LogP contribution is -2.01. The van der Waals surface area contributed by atoms with Gasteiger partial charge in [0.25, 0.3) is 0 Å². The van der Waals surface area contributed by atoms with Crippen molar-refractivity contribution in [3.05, 3.63) is 46.7 Å². The Kier molecular flexibility index (Phi) is 3.66. The minimum atomic E-state index is -0.744. The molecule has 2 aromatic rings. The molecule has 1 N–H and O–H groups in total. The van der Waals surface area contributed by atoms with Gasteiger partial charge >= 0.3 is 0 Å².